The van der Waals surface area contributed by atoms with Gasteiger partial charge in [0.05, 0.1) is 22.6 Å². The maximum Gasteiger partial charge on any atom is 0.156 e. The van der Waals surface area contributed by atoms with E-state index in [0.29, 0.717) is 5.02 Å². The Balaban J connectivity index is 2.42. The summed E-state index contributed by atoms with van der Waals surface area (Å²) in [6.07, 6.45) is 1.83. The molecule has 2 heterocycles. The van der Waals surface area contributed by atoms with E-state index in [4.69, 9.17) is 11.6 Å². The third kappa shape index (κ3) is 3.04. The van der Waals surface area contributed by atoms with Gasteiger partial charge in [0.2, 0.25) is 0 Å². The van der Waals surface area contributed by atoms with Gasteiger partial charge in [-0.05, 0) is 34.6 Å². The van der Waals surface area contributed by atoms with E-state index >= 15 is 0 Å². The molecule has 0 aromatic carbocycles. The van der Waals surface area contributed by atoms with E-state index in [2.05, 4.69) is 36.3 Å². The Labute approximate surface area is 124 Å². The van der Waals surface area contributed by atoms with Gasteiger partial charge in [0.25, 0.3) is 0 Å². The highest BCUT2D eigenvalue weighted by Gasteiger charge is 2.19. The molecule has 0 atom stereocenters. The van der Waals surface area contributed by atoms with Gasteiger partial charge in [0.1, 0.15) is 0 Å². The molecule has 2 aromatic rings. The molecule has 2 aromatic heterocycles. The Kier molecular flexibility index (Phi) is 3.93. The number of hydrogen-bond donors (Lipinski definition) is 1. The van der Waals surface area contributed by atoms with Crippen LogP contribution >= 0.6 is 11.6 Å². The van der Waals surface area contributed by atoms with Crippen LogP contribution in [0.4, 0.5) is 0 Å². The molecule has 0 fully saturated rings. The largest absolute Gasteiger partial charge is 0.308 e. The second-order valence-electron chi connectivity index (χ2n) is 6.12. The number of nitrogens with zero attached hydrogens (tertiary/aromatic N) is 4. The third-order valence-electron chi connectivity index (χ3n) is 3.16. The van der Waals surface area contributed by atoms with Gasteiger partial charge >= 0.3 is 0 Å². The van der Waals surface area contributed by atoms with Crippen molar-refractivity contribution in [1.29, 1.82) is 0 Å². The Bertz CT molecular complexity index is 599. The van der Waals surface area contributed by atoms with E-state index in [1.807, 2.05) is 31.8 Å². The minimum atomic E-state index is 0.0528. The van der Waals surface area contributed by atoms with Crippen molar-refractivity contribution >= 4 is 11.6 Å². The number of aryl methyl sites for hydroxylation is 3. The van der Waals surface area contributed by atoms with Crippen LogP contribution in [0.1, 0.15) is 37.7 Å². The molecule has 20 heavy (non-hydrogen) atoms. The van der Waals surface area contributed by atoms with Crippen LogP contribution in [0.15, 0.2) is 6.20 Å². The van der Waals surface area contributed by atoms with Crippen LogP contribution in [0.3, 0.4) is 0 Å². The zero-order valence-electron chi connectivity index (χ0n) is 13.0. The van der Waals surface area contributed by atoms with Crippen molar-refractivity contribution in [2.24, 2.45) is 7.05 Å². The summed E-state index contributed by atoms with van der Waals surface area (Å²) in [4.78, 5) is 0. The van der Waals surface area contributed by atoms with Crippen LogP contribution in [-0.2, 0) is 13.6 Å². The lowest BCUT2D eigenvalue weighted by atomic mass is 10.1. The van der Waals surface area contributed by atoms with Gasteiger partial charge in [0.15, 0.2) is 5.82 Å². The molecule has 0 aliphatic carbocycles. The molecular weight excluding hydrogens is 274 g/mol. The minimum absolute atomic E-state index is 0.0528. The number of nitrogens with one attached hydrogen (secondary N) is 1. The van der Waals surface area contributed by atoms with E-state index in [0.717, 1.165) is 29.3 Å². The first-order valence-electron chi connectivity index (χ1n) is 6.68. The van der Waals surface area contributed by atoms with E-state index in [-0.39, 0.29) is 5.54 Å². The van der Waals surface area contributed by atoms with Crippen LogP contribution in [0.2, 0.25) is 5.02 Å². The van der Waals surface area contributed by atoms with Crippen molar-refractivity contribution in [3.05, 3.63) is 28.2 Å². The molecule has 6 heteroatoms. The Morgan fingerprint density at radius 1 is 1.20 bits per heavy atom. The van der Waals surface area contributed by atoms with E-state index in [1.165, 1.54) is 0 Å². The van der Waals surface area contributed by atoms with Crippen LogP contribution < -0.4 is 5.32 Å². The van der Waals surface area contributed by atoms with Crippen LogP contribution in [0.25, 0.3) is 5.82 Å². The fourth-order valence-corrected chi connectivity index (χ4v) is 2.21. The Morgan fingerprint density at radius 2 is 1.85 bits per heavy atom. The maximum atomic E-state index is 6.11. The van der Waals surface area contributed by atoms with E-state index in [1.54, 1.807) is 4.68 Å². The van der Waals surface area contributed by atoms with E-state index in [9.17, 15) is 0 Å². The molecule has 0 unspecified atom stereocenters. The predicted octanol–water partition coefficient (Wildman–Crippen LogP) is 2.76. The van der Waals surface area contributed by atoms with Crippen molar-refractivity contribution < 1.29 is 0 Å². The van der Waals surface area contributed by atoms with Gasteiger partial charge in [-0.1, -0.05) is 11.6 Å². The molecular formula is C14H22ClN5. The lowest BCUT2D eigenvalue weighted by Crippen LogP contribution is -2.35. The zero-order chi connectivity index (χ0) is 15.1. The smallest absolute Gasteiger partial charge is 0.156 e. The first-order chi connectivity index (χ1) is 9.19. The lowest BCUT2D eigenvalue weighted by molar-refractivity contribution is 0.423. The Morgan fingerprint density at radius 3 is 2.35 bits per heavy atom. The molecule has 0 spiro atoms. The summed E-state index contributed by atoms with van der Waals surface area (Å²) in [5.74, 6) is 0.953. The first kappa shape index (κ1) is 15.1. The molecule has 2 rings (SSSR count). The molecule has 1 N–H and O–H groups in total. The molecule has 0 aliphatic heterocycles. The number of aromatic nitrogens is 4. The average Bonchev–Trinajstić information content (AvgIpc) is 2.76. The zero-order valence-corrected chi connectivity index (χ0v) is 13.7. The Hall–Kier alpha value is -1.33. The van der Waals surface area contributed by atoms with E-state index < -0.39 is 0 Å². The third-order valence-corrected chi connectivity index (χ3v) is 3.54. The topological polar surface area (TPSA) is 47.7 Å². The summed E-state index contributed by atoms with van der Waals surface area (Å²) < 4.78 is 3.65. The molecule has 0 saturated heterocycles. The lowest BCUT2D eigenvalue weighted by Gasteiger charge is -2.20. The van der Waals surface area contributed by atoms with Gasteiger partial charge in [-0.25, -0.2) is 4.68 Å². The fraction of sp³-hybridized carbons (Fsp3) is 0.571. The second-order valence-corrected chi connectivity index (χ2v) is 6.53. The standard InChI is InChI=1S/C14H22ClN5/c1-9-11(7-16-14(3,4)5)13(19(6)17-9)20-8-12(15)10(2)18-20/h8,16H,7H2,1-6H3. The number of rotatable bonds is 3. The van der Waals surface area contributed by atoms with Crippen LogP contribution in [-0.4, -0.2) is 25.1 Å². The minimum Gasteiger partial charge on any atom is -0.308 e. The molecule has 0 aliphatic rings. The summed E-state index contributed by atoms with van der Waals surface area (Å²) in [5.41, 5.74) is 3.02. The number of halogens is 1. The highest BCUT2D eigenvalue weighted by atomic mass is 35.5. The van der Waals surface area contributed by atoms with Gasteiger partial charge < -0.3 is 5.32 Å². The van der Waals surface area contributed by atoms with Crippen LogP contribution in [0.5, 0.6) is 0 Å². The van der Waals surface area contributed by atoms with Crippen molar-refractivity contribution in [1.82, 2.24) is 24.9 Å². The summed E-state index contributed by atoms with van der Waals surface area (Å²) in [6, 6.07) is 0. The van der Waals surface area contributed by atoms with Crippen molar-refractivity contribution in [2.45, 2.75) is 46.7 Å². The highest BCUT2D eigenvalue weighted by Crippen LogP contribution is 2.21. The predicted molar refractivity (Wildman–Crippen MR) is 81.4 cm³/mol. The maximum absolute atomic E-state index is 6.11. The van der Waals surface area contributed by atoms with Gasteiger partial charge in [-0.15, -0.1) is 0 Å². The highest BCUT2D eigenvalue weighted by molar-refractivity contribution is 6.31. The molecule has 0 bridgehead atoms. The molecule has 0 radical (unpaired) electrons. The summed E-state index contributed by atoms with van der Waals surface area (Å²) >= 11 is 6.11. The average molecular weight is 296 g/mol. The number of hydrogen-bond acceptors (Lipinski definition) is 3. The molecule has 110 valence electrons. The first-order valence-corrected chi connectivity index (χ1v) is 7.06. The van der Waals surface area contributed by atoms with Crippen molar-refractivity contribution in [2.75, 3.05) is 0 Å². The summed E-state index contributed by atoms with van der Waals surface area (Å²) in [7, 11) is 1.92. The van der Waals surface area contributed by atoms with Crippen molar-refractivity contribution in [3.8, 4) is 5.82 Å². The normalized spacial score (nSPS) is 12.2. The SMILES string of the molecule is Cc1nn(-c2c(CNC(C)(C)C)c(C)nn2C)cc1Cl. The second kappa shape index (κ2) is 5.22. The van der Waals surface area contributed by atoms with Gasteiger partial charge in [-0.2, -0.15) is 10.2 Å². The monoisotopic (exact) mass is 295 g/mol. The molecule has 0 amide bonds. The van der Waals surface area contributed by atoms with Gasteiger partial charge in [0, 0.05) is 24.7 Å². The fourth-order valence-electron chi connectivity index (χ4n) is 2.08. The summed E-state index contributed by atoms with van der Waals surface area (Å²) in [6.45, 7) is 11.1. The summed E-state index contributed by atoms with van der Waals surface area (Å²) in [5, 5.41) is 13.1. The molecule has 0 saturated carbocycles. The molecule has 5 nitrogen and oxygen atoms in total. The van der Waals surface area contributed by atoms with Crippen molar-refractivity contribution in [3.63, 3.8) is 0 Å². The van der Waals surface area contributed by atoms with Crippen LogP contribution in [0, 0.1) is 13.8 Å². The quantitative estimate of drug-likeness (QED) is 0.947. The van der Waals surface area contributed by atoms with Gasteiger partial charge in [-0.3, -0.25) is 4.68 Å².